The fraction of sp³-hybridized carbons (Fsp3) is 0.158. The van der Waals surface area contributed by atoms with Gasteiger partial charge in [0.15, 0.2) is 22.2 Å². The molecule has 0 radical (unpaired) electrons. The molecule has 1 amide bonds. The van der Waals surface area contributed by atoms with Gasteiger partial charge < -0.3 is 13.9 Å². The third-order valence-corrected chi connectivity index (χ3v) is 4.79. The highest BCUT2D eigenvalue weighted by atomic mass is 32.1. The topological polar surface area (TPSA) is 73.6 Å². The summed E-state index contributed by atoms with van der Waals surface area (Å²) in [5, 5.41) is 4.09. The maximum atomic E-state index is 12.6. The number of para-hydroxylation sites is 2. The number of hydrogen-bond donors (Lipinski definition) is 1. The number of amides is 1. The molecule has 0 aliphatic heterocycles. The normalized spacial score (nSPS) is 11.0. The molecule has 2 aromatic heterocycles. The summed E-state index contributed by atoms with van der Waals surface area (Å²) in [6, 6.07) is 12.9. The molecule has 0 aliphatic rings. The summed E-state index contributed by atoms with van der Waals surface area (Å²) in [5.74, 6) is 1.14. The van der Waals surface area contributed by atoms with Crippen LogP contribution in [0.15, 0.2) is 46.9 Å². The first-order valence-electron chi connectivity index (χ1n) is 8.10. The highest BCUT2D eigenvalue weighted by molar-refractivity contribution is 7.22. The smallest absolute Gasteiger partial charge is 0.293 e. The van der Waals surface area contributed by atoms with E-state index in [1.54, 1.807) is 13.2 Å². The molecule has 0 atom stereocenters. The Morgan fingerprint density at radius 3 is 2.85 bits per heavy atom. The van der Waals surface area contributed by atoms with Crippen LogP contribution in [0.4, 0.5) is 5.13 Å². The lowest BCUT2D eigenvalue weighted by atomic mass is 10.2. The van der Waals surface area contributed by atoms with Crippen molar-refractivity contribution in [2.45, 2.75) is 6.92 Å². The van der Waals surface area contributed by atoms with E-state index in [4.69, 9.17) is 13.9 Å². The van der Waals surface area contributed by atoms with Crippen molar-refractivity contribution in [3.8, 4) is 11.5 Å². The number of thiazole rings is 1. The van der Waals surface area contributed by atoms with Gasteiger partial charge >= 0.3 is 0 Å². The summed E-state index contributed by atoms with van der Waals surface area (Å²) in [6.45, 7) is 2.42. The van der Waals surface area contributed by atoms with Gasteiger partial charge in [-0.05, 0) is 31.2 Å². The van der Waals surface area contributed by atoms with Gasteiger partial charge in [-0.25, -0.2) is 4.98 Å². The minimum absolute atomic E-state index is 0.207. The zero-order valence-electron chi connectivity index (χ0n) is 14.2. The molecule has 4 rings (SSSR count). The number of benzene rings is 2. The molecule has 0 unspecified atom stereocenters. The van der Waals surface area contributed by atoms with E-state index < -0.39 is 0 Å². The van der Waals surface area contributed by atoms with Crippen molar-refractivity contribution in [1.82, 2.24) is 4.98 Å². The van der Waals surface area contributed by atoms with Crippen LogP contribution in [-0.4, -0.2) is 24.6 Å². The molecule has 132 valence electrons. The Morgan fingerprint density at radius 2 is 2.04 bits per heavy atom. The third kappa shape index (κ3) is 2.86. The molecule has 0 saturated carbocycles. The monoisotopic (exact) mass is 368 g/mol. The summed E-state index contributed by atoms with van der Waals surface area (Å²) < 4.78 is 17.5. The van der Waals surface area contributed by atoms with Gasteiger partial charge in [0.05, 0.1) is 18.4 Å². The van der Waals surface area contributed by atoms with Gasteiger partial charge in [-0.1, -0.05) is 29.5 Å². The number of nitrogens with zero attached hydrogens (tertiary/aromatic N) is 1. The van der Waals surface area contributed by atoms with Crippen LogP contribution in [0.25, 0.3) is 21.2 Å². The van der Waals surface area contributed by atoms with Crippen molar-refractivity contribution < 1.29 is 18.7 Å². The SMILES string of the molecule is CCOc1cccc2cc(C(=O)Nc3nc4c(OC)cccc4s3)oc12. The molecule has 2 heterocycles. The van der Waals surface area contributed by atoms with Gasteiger partial charge in [-0.3, -0.25) is 10.1 Å². The van der Waals surface area contributed by atoms with Crippen molar-refractivity contribution >= 4 is 43.6 Å². The van der Waals surface area contributed by atoms with Crippen molar-refractivity contribution in [2.75, 3.05) is 19.0 Å². The fourth-order valence-corrected chi connectivity index (χ4v) is 3.60. The van der Waals surface area contributed by atoms with Crippen LogP contribution in [-0.2, 0) is 0 Å². The second kappa shape index (κ2) is 6.68. The predicted molar refractivity (Wildman–Crippen MR) is 102 cm³/mol. The zero-order valence-corrected chi connectivity index (χ0v) is 15.1. The maximum Gasteiger partial charge on any atom is 0.293 e. The Morgan fingerprint density at radius 1 is 1.23 bits per heavy atom. The average Bonchev–Trinajstić information content (AvgIpc) is 3.25. The molecular weight excluding hydrogens is 352 g/mol. The molecule has 0 spiro atoms. The van der Waals surface area contributed by atoms with Gasteiger partial charge in [-0.2, -0.15) is 0 Å². The summed E-state index contributed by atoms with van der Waals surface area (Å²) in [6.07, 6.45) is 0. The number of nitrogens with one attached hydrogen (secondary N) is 1. The van der Waals surface area contributed by atoms with E-state index in [1.165, 1.54) is 11.3 Å². The Bertz CT molecular complexity index is 1100. The number of furan rings is 1. The number of anilines is 1. The standard InChI is InChI=1S/C19H16N2O4S/c1-3-24-13-8-4-6-11-10-14(25-17(11)13)18(22)21-19-20-16-12(23-2)7-5-9-15(16)26-19/h4-10H,3H2,1-2H3,(H,20,21,22). The Hall–Kier alpha value is -3.06. The molecule has 7 heteroatoms. The third-order valence-electron chi connectivity index (χ3n) is 3.85. The Labute approximate surface area is 153 Å². The molecular formula is C19H16N2O4S. The van der Waals surface area contributed by atoms with Crippen LogP contribution in [0.5, 0.6) is 11.5 Å². The maximum absolute atomic E-state index is 12.6. The van der Waals surface area contributed by atoms with E-state index >= 15 is 0 Å². The first kappa shape index (κ1) is 16.4. The van der Waals surface area contributed by atoms with Gasteiger partial charge in [0, 0.05) is 5.39 Å². The van der Waals surface area contributed by atoms with Gasteiger partial charge in [0.25, 0.3) is 5.91 Å². The van der Waals surface area contributed by atoms with Crippen molar-refractivity contribution in [2.24, 2.45) is 0 Å². The molecule has 6 nitrogen and oxygen atoms in total. The summed E-state index contributed by atoms with van der Waals surface area (Å²) in [5.41, 5.74) is 1.28. The van der Waals surface area contributed by atoms with Crippen LogP contribution in [0, 0.1) is 0 Å². The van der Waals surface area contributed by atoms with E-state index in [2.05, 4.69) is 10.3 Å². The number of hydrogen-bond acceptors (Lipinski definition) is 6. The van der Waals surface area contributed by atoms with E-state index in [9.17, 15) is 4.79 Å². The van der Waals surface area contributed by atoms with Crippen molar-refractivity contribution in [3.63, 3.8) is 0 Å². The minimum atomic E-state index is -0.360. The van der Waals surface area contributed by atoms with E-state index in [0.29, 0.717) is 28.8 Å². The number of carbonyl (C=O) groups excluding carboxylic acids is 1. The van der Waals surface area contributed by atoms with Crippen LogP contribution in [0.2, 0.25) is 0 Å². The first-order valence-corrected chi connectivity index (χ1v) is 8.91. The van der Waals surface area contributed by atoms with Crippen molar-refractivity contribution in [1.29, 1.82) is 0 Å². The number of aromatic nitrogens is 1. The second-order valence-corrected chi connectivity index (χ2v) is 6.53. The molecule has 26 heavy (non-hydrogen) atoms. The minimum Gasteiger partial charge on any atom is -0.494 e. The lowest BCUT2D eigenvalue weighted by Crippen LogP contribution is -2.10. The van der Waals surface area contributed by atoms with Gasteiger partial charge in [0.2, 0.25) is 0 Å². The van der Waals surface area contributed by atoms with Crippen LogP contribution < -0.4 is 14.8 Å². The predicted octanol–water partition coefficient (Wildman–Crippen LogP) is 4.70. The molecule has 4 aromatic rings. The average molecular weight is 368 g/mol. The Balaban J connectivity index is 1.64. The second-order valence-electron chi connectivity index (χ2n) is 5.50. The summed E-state index contributed by atoms with van der Waals surface area (Å²) in [4.78, 5) is 17.0. The highest BCUT2D eigenvalue weighted by Gasteiger charge is 2.17. The number of rotatable bonds is 5. The van der Waals surface area contributed by atoms with Gasteiger partial charge in [0.1, 0.15) is 11.3 Å². The first-order chi connectivity index (χ1) is 12.7. The largest absolute Gasteiger partial charge is 0.494 e. The molecule has 0 bridgehead atoms. The molecule has 0 aliphatic carbocycles. The van der Waals surface area contributed by atoms with Gasteiger partial charge in [-0.15, -0.1) is 0 Å². The summed E-state index contributed by atoms with van der Waals surface area (Å²) >= 11 is 1.38. The number of carbonyl (C=O) groups is 1. The van der Waals surface area contributed by atoms with Crippen LogP contribution in [0.3, 0.4) is 0 Å². The highest BCUT2D eigenvalue weighted by Crippen LogP contribution is 2.33. The zero-order chi connectivity index (χ0) is 18.1. The molecule has 1 N–H and O–H groups in total. The van der Waals surface area contributed by atoms with E-state index in [1.807, 2.05) is 43.3 Å². The summed E-state index contributed by atoms with van der Waals surface area (Å²) in [7, 11) is 1.59. The number of fused-ring (bicyclic) bond motifs is 2. The fourth-order valence-electron chi connectivity index (χ4n) is 2.72. The van der Waals surface area contributed by atoms with Crippen molar-refractivity contribution in [3.05, 3.63) is 48.2 Å². The van der Waals surface area contributed by atoms with E-state index in [-0.39, 0.29) is 11.7 Å². The number of methoxy groups -OCH3 is 1. The molecule has 0 saturated heterocycles. The molecule has 0 fully saturated rings. The van der Waals surface area contributed by atoms with E-state index in [0.717, 1.165) is 15.6 Å². The van der Waals surface area contributed by atoms with Crippen LogP contribution in [0.1, 0.15) is 17.5 Å². The molecule has 2 aromatic carbocycles. The quantitative estimate of drug-likeness (QED) is 0.553. The lowest BCUT2D eigenvalue weighted by Gasteiger charge is -2.02. The number of ether oxygens (including phenoxy) is 2. The lowest BCUT2D eigenvalue weighted by molar-refractivity contribution is 0.0998. The Kier molecular flexibility index (Phi) is 4.22. The van der Waals surface area contributed by atoms with Crippen LogP contribution >= 0.6 is 11.3 Å².